The van der Waals surface area contributed by atoms with Gasteiger partial charge in [-0.25, -0.2) is 4.79 Å². The molecule has 1 amide bonds. The molecule has 1 atom stereocenters. The second-order valence-corrected chi connectivity index (χ2v) is 9.18. The largest absolute Gasteiger partial charge is 0.369 e. The van der Waals surface area contributed by atoms with Crippen LogP contribution in [0.15, 0.2) is 57.8 Å². The summed E-state index contributed by atoms with van der Waals surface area (Å²) >= 11 is 0. The number of hydrogen-bond donors (Lipinski definition) is 2. The van der Waals surface area contributed by atoms with Crippen LogP contribution >= 0.6 is 0 Å². The highest BCUT2D eigenvalue weighted by molar-refractivity contribution is 6.01. The first-order valence-corrected chi connectivity index (χ1v) is 11.7. The zero-order valence-corrected chi connectivity index (χ0v) is 20.3. The number of anilines is 1. The standard InChI is InChI=1S/C28H32N2O4/c1-5-7-8-12-17-28(33,19-27(3,4)20-13-10-9-11-14-20)26(32)29-21-15-16-22-23(18-21)24(6-2)30-34-25(22)31/h9-11,13-16,18,33H,5-8,19H2,1-4H3,(H,29,32). The molecule has 0 aliphatic heterocycles. The van der Waals surface area contributed by atoms with E-state index in [1.807, 2.05) is 51.1 Å². The molecule has 0 radical (unpaired) electrons. The molecule has 2 N–H and O–H groups in total. The molecule has 0 saturated heterocycles. The first-order valence-electron chi connectivity index (χ1n) is 11.7. The number of aryl methyl sites for hydroxylation is 1. The minimum Gasteiger partial charge on any atom is -0.369 e. The van der Waals surface area contributed by atoms with Crippen molar-refractivity contribution in [2.24, 2.45) is 0 Å². The number of fused-ring (bicyclic) bond motifs is 1. The maximum absolute atomic E-state index is 13.4. The van der Waals surface area contributed by atoms with E-state index in [1.165, 1.54) is 0 Å². The third-order valence-electron chi connectivity index (χ3n) is 5.96. The number of benzene rings is 2. The van der Waals surface area contributed by atoms with Crippen molar-refractivity contribution in [3.8, 4) is 11.8 Å². The minimum atomic E-state index is -1.90. The Morgan fingerprint density at radius 2 is 1.85 bits per heavy atom. The van der Waals surface area contributed by atoms with Gasteiger partial charge in [0, 0.05) is 23.9 Å². The Bertz CT molecular complexity index is 1270. The van der Waals surface area contributed by atoms with E-state index < -0.39 is 22.5 Å². The van der Waals surface area contributed by atoms with Crippen LogP contribution in [0.5, 0.6) is 0 Å². The van der Waals surface area contributed by atoms with Crippen LogP contribution in [0.4, 0.5) is 5.69 Å². The van der Waals surface area contributed by atoms with Gasteiger partial charge in [0.05, 0.1) is 11.1 Å². The highest BCUT2D eigenvalue weighted by atomic mass is 16.5. The third-order valence-corrected chi connectivity index (χ3v) is 5.96. The Balaban J connectivity index is 1.95. The van der Waals surface area contributed by atoms with E-state index in [-0.39, 0.29) is 6.42 Å². The van der Waals surface area contributed by atoms with Crippen molar-refractivity contribution < 1.29 is 14.4 Å². The average Bonchev–Trinajstić information content (AvgIpc) is 2.82. The van der Waals surface area contributed by atoms with Gasteiger partial charge in [-0.3, -0.25) is 4.79 Å². The van der Waals surface area contributed by atoms with Crippen LogP contribution in [0.2, 0.25) is 0 Å². The molecule has 1 aromatic heterocycles. The topological polar surface area (TPSA) is 92.4 Å². The first kappa shape index (κ1) is 25.2. The molecule has 1 unspecified atom stereocenters. The number of nitrogens with zero attached hydrogens (tertiary/aromatic N) is 1. The lowest BCUT2D eigenvalue weighted by Gasteiger charge is -2.32. The van der Waals surface area contributed by atoms with E-state index in [0.717, 1.165) is 18.4 Å². The van der Waals surface area contributed by atoms with Crippen LogP contribution in [0, 0.1) is 11.8 Å². The van der Waals surface area contributed by atoms with Gasteiger partial charge in [0.2, 0.25) is 5.60 Å². The number of aliphatic hydroxyl groups is 1. The fourth-order valence-corrected chi connectivity index (χ4v) is 4.01. The molecule has 0 aliphatic carbocycles. The molecule has 1 heterocycles. The summed E-state index contributed by atoms with van der Waals surface area (Å²) < 4.78 is 4.85. The Morgan fingerprint density at radius 3 is 2.53 bits per heavy atom. The Kier molecular flexibility index (Phi) is 7.90. The number of amides is 1. The third kappa shape index (κ3) is 5.73. The second-order valence-electron chi connectivity index (χ2n) is 9.18. The second kappa shape index (κ2) is 10.7. The molecule has 0 saturated carbocycles. The quantitative estimate of drug-likeness (QED) is 0.365. The van der Waals surface area contributed by atoms with Crippen molar-refractivity contribution in [2.45, 2.75) is 70.8 Å². The Morgan fingerprint density at radius 1 is 1.12 bits per heavy atom. The van der Waals surface area contributed by atoms with E-state index in [0.29, 0.717) is 35.0 Å². The van der Waals surface area contributed by atoms with Crippen molar-refractivity contribution in [2.75, 3.05) is 5.32 Å². The first-order chi connectivity index (χ1) is 16.2. The molecule has 0 fully saturated rings. The summed E-state index contributed by atoms with van der Waals surface area (Å²) in [4.78, 5) is 25.4. The van der Waals surface area contributed by atoms with Crippen molar-refractivity contribution in [1.29, 1.82) is 0 Å². The van der Waals surface area contributed by atoms with Gasteiger partial charge in [-0.05, 0) is 42.0 Å². The normalized spacial score (nSPS) is 13.1. The highest BCUT2D eigenvalue weighted by Crippen LogP contribution is 2.33. The van der Waals surface area contributed by atoms with Gasteiger partial charge in [0.25, 0.3) is 5.91 Å². The van der Waals surface area contributed by atoms with Gasteiger partial charge in [-0.1, -0.05) is 81.4 Å². The van der Waals surface area contributed by atoms with Crippen LogP contribution in [0.3, 0.4) is 0 Å². The van der Waals surface area contributed by atoms with Gasteiger partial charge in [-0.15, -0.1) is 0 Å². The van der Waals surface area contributed by atoms with Crippen LogP contribution in [-0.4, -0.2) is 21.8 Å². The molecular weight excluding hydrogens is 428 g/mol. The predicted molar refractivity (Wildman–Crippen MR) is 135 cm³/mol. The minimum absolute atomic E-state index is 0.119. The number of nitrogens with one attached hydrogen (secondary N) is 1. The maximum Gasteiger partial charge on any atom is 0.366 e. The van der Waals surface area contributed by atoms with Gasteiger partial charge < -0.3 is 14.9 Å². The maximum atomic E-state index is 13.4. The summed E-state index contributed by atoms with van der Waals surface area (Å²) in [5.41, 5.74) is -0.866. The fourth-order valence-electron chi connectivity index (χ4n) is 4.01. The smallest absolute Gasteiger partial charge is 0.366 e. The average molecular weight is 461 g/mol. The Hall–Kier alpha value is -3.43. The zero-order valence-electron chi connectivity index (χ0n) is 20.3. The molecule has 0 aliphatic rings. The van der Waals surface area contributed by atoms with Crippen LogP contribution < -0.4 is 10.9 Å². The highest BCUT2D eigenvalue weighted by Gasteiger charge is 2.40. The van der Waals surface area contributed by atoms with Crippen LogP contribution in [-0.2, 0) is 16.6 Å². The molecule has 178 valence electrons. The monoisotopic (exact) mass is 460 g/mol. The molecule has 2 aromatic carbocycles. The number of carbonyl (C=O) groups is 1. The lowest BCUT2D eigenvalue weighted by atomic mass is 9.75. The summed E-state index contributed by atoms with van der Waals surface area (Å²) in [5.74, 6) is 5.26. The summed E-state index contributed by atoms with van der Waals surface area (Å²) in [7, 11) is 0. The number of unbranched alkanes of at least 4 members (excludes halogenated alkanes) is 2. The van der Waals surface area contributed by atoms with E-state index >= 15 is 0 Å². The van der Waals surface area contributed by atoms with Crippen LogP contribution in [0.1, 0.15) is 64.6 Å². The van der Waals surface area contributed by atoms with Gasteiger partial charge >= 0.3 is 5.63 Å². The molecule has 0 bridgehead atoms. The van der Waals surface area contributed by atoms with Crippen LogP contribution in [0.25, 0.3) is 10.8 Å². The number of carbonyl (C=O) groups excluding carboxylic acids is 1. The van der Waals surface area contributed by atoms with E-state index in [2.05, 4.69) is 29.2 Å². The number of aromatic nitrogens is 1. The summed E-state index contributed by atoms with van der Waals surface area (Å²) in [6.45, 7) is 7.95. The van der Waals surface area contributed by atoms with E-state index in [1.54, 1.807) is 18.2 Å². The lowest BCUT2D eigenvalue weighted by Crippen LogP contribution is -2.46. The molecule has 34 heavy (non-hydrogen) atoms. The van der Waals surface area contributed by atoms with Crippen molar-refractivity contribution in [1.82, 2.24) is 5.16 Å². The summed E-state index contributed by atoms with van der Waals surface area (Å²) in [6, 6.07) is 14.7. The van der Waals surface area contributed by atoms with Gasteiger partial charge in [0.1, 0.15) is 0 Å². The van der Waals surface area contributed by atoms with Gasteiger partial charge in [0.15, 0.2) is 0 Å². The van der Waals surface area contributed by atoms with E-state index in [4.69, 9.17) is 4.52 Å². The SMILES string of the molecule is CCCCC#CC(O)(CC(C)(C)c1ccccc1)C(=O)Nc1ccc2c(=O)onc(CC)c2c1. The molecule has 6 heteroatoms. The molecular formula is C28H32N2O4. The van der Waals surface area contributed by atoms with Gasteiger partial charge in [-0.2, -0.15) is 0 Å². The van der Waals surface area contributed by atoms with Crippen molar-refractivity contribution >= 4 is 22.4 Å². The summed E-state index contributed by atoms with van der Waals surface area (Å²) in [5, 5.41) is 19.2. The lowest BCUT2D eigenvalue weighted by molar-refractivity contribution is -0.130. The molecule has 0 spiro atoms. The molecule has 3 aromatic rings. The predicted octanol–water partition coefficient (Wildman–Crippen LogP) is 4.98. The number of hydrogen-bond acceptors (Lipinski definition) is 5. The van der Waals surface area contributed by atoms with Crippen molar-refractivity contribution in [3.63, 3.8) is 0 Å². The number of rotatable bonds is 8. The van der Waals surface area contributed by atoms with Crippen molar-refractivity contribution in [3.05, 3.63) is 70.2 Å². The van der Waals surface area contributed by atoms with E-state index in [9.17, 15) is 14.7 Å². The summed E-state index contributed by atoms with van der Waals surface area (Å²) in [6.07, 6.45) is 3.17. The zero-order chi connectivity index (χ0) is 24.8. The Labute approximate surface area is 200 Å². The molecule has 6 nitrogen and oxygen atoms in total. The fraction of sp³-hybridized carbons (Fsp3) is 0.393. The molecule has 3 rings (SSSR count).